The lowest BCUT2D eigenvalue weighted by atomic mass is 10.1. The molecule has 2 aromatic carbocycles. The van der Waals surface area contributed by atoms with Gasteiger partial charge in [0.25, 0.3) is 5.91 Å². The predicted molar refractivity (Wildman–Crippen MR) is 112 cm³/mol. The molecule has 1 fully saturated rings. The highest BCUT2D eigenvalue weighted by Crippen LogP contribution is 2.34. The van der Waals surface area contributed by atoms with E-state index < -0.39 is 33.4 Å². The first-order chi connectivity index (χ1) is 14.0. The molecule has 8 heteroatoms. The van der Waals surface area contributed by atoms with Crippen LogP contribution in [0.3, 0.4) is 0 Å². The number of hydrogen-bond acceptors (Lipinski definition) is 5. The van der Waals surface area contributed by atoms with E-state index in [9.17, 15) is 18.0 Å². The summed E-state index contributed by atoms with van der Waals surface area (Å²) in [6, 6.07) is 13.2. The maximum atomic E-state index is 13.5. The van der Waals surface area contributed by atoms with Gasteiger partial charge in [-0.2, -0.15) is 9.57 Å². The first-order valence-corrected chi connectivity index (χ1v) is 10.9. The summed E-state index contributed by atoms with van der Waals surface area (Å²) in [7, 11) is -4.04. The molecule has 2 amide bonds. The third kappa shape index (κ3) is 3.86. The fourth-order valence-electron chi connectivity index (χ4n) is 3.57. The molecule has 0 spiro atoms. The molecule has 156 valence electrons. The molecule has 2 aromatic rings. The van der Waals surface area contributed by atoms with Crippen LogP contribution < -0.4 is 4.90 Å². The van der Waals surface area contributed by atoms with Crippen molar-refractivity contribution in [3.8, 4) is 6.07 Å². The number of nitrogens with zero attached hydrogens (tertiary/aromatic N) is 3. The van der Waals surface area contributed by atoms with Gasteiger partial charge in [-0.15, -0.1) is 0 Å². The lowest BCUT2D eigenvalue weighted by molar-refractivity contribution is -0.122. The number of carbonyl (C=O) groups excluding carboxylic acids is 2. The van der Waals surface area contributed by atoms with Gasteiger partial charge in [0.2, 0.25) is 15.9 Å². The van der Waals surface area contributed by atoms with Gasteiger partial charge in [-0.3, -0.25) is 9.59 Å². The largest absolute Gasteiger partial charge is 0.274 e. The molecule has 7 nitrogen and oxygen atoms in total. The van der Waals surface area contributed by atoms with Crippen molar-refractivity contribution in [3.05, 3.63) is 59.7 Å². The van der Waals surface area contributed by atoms with E-state index >= 15 is 0 Å². The van der Waals surface area contributed by atoms with Crippen LogP contribution in [0.5, 0.6) is 0 Å². The Kier molecular flexibility index (Phi) is 5.54. The highest BCUT2D eigenvalue weighted by molar-refractivity contribution is 7.89. The molecular formula is C22H23N3O4S. The van der Waals surface area contributed by atoms with Crippen LogP contribution in [0.2, 0.25) is 0 Å². The van der Waals surface area contributed by atoms with Crippen LogP contribution in [0.4, 0.5) is 5.69 Å². The van der Waals surface area contributed by atoms with Crippen molar-refractivity contribution in [2.24, 2.45) is 0 Å². The van der Waals surface area contributed by atoms with E-state index in [0.717, 1.165) is 14.8 Å². The number of anilines is 1. The van der Waals surface area contributed by atoms with Gasteiger partial charge < -0.3 is 0 Å². The maximum absolute atomic E-state index is 13.5. The Morgan fingerprint density at radius 2 is 1.60 bits per heavy atom. The number of hydrogen-bond donors (Lipinski definition) is 0. The zero-order valence-electron chi connectivity index (χ0n) is 17.3. The Morgan fingerprint density at radius 1 is 1.03 bits per heavy atom. The normalized spacial score (nSPS) is 17.5. The van der Waals surface area contributed by atoms with Crippen molar-refractivity contribution in [2.45, 2.75) is 50.6 Å². The number of carbonyl (C=O) groups is 2. The third-order valence-electron chi connectivity index (χ3n) is 4.90. The first-order valence-electron chi connectivity index (χ1n) is 9.45. The first kappa shape index (κ1) is 21.7. The summed E-state index contributed by atoms with van der Waals surface area (Å²) in [6.45, 7) is 6.94. The maximum Gasteiger partial charge on any atom is 0.252 e. The van der Waals surface area contributed by atoms with Gasteiger partial charge >= 0.3 is 0 Å². The second-order valence-corrected chi connectivity index (χ2v) is 10.0. The Morgan fingerprint density at radius 3 is 2.10 bits per heavy atom. The van der Waals surface area contributed by atoms with Crippen LogP contribution in [-0.4, -0.2) is 36.1 Å². The van der Waals surface area contributed by atoms with Crippen LogP contribution >= 0.6 is 0 Å². The van der Waals surface area contributed by atoms with Crippen molar-refractivity contribution in [2.75, 3.05) is 4.90 Å². The summed E-state index contributed by atoms with van der Waals surface area (Å²) in [4.78, 5) is 27.0. The monoisotopic (exact) mass is 425 g/mol. The number of aryl methyl sites for hydroxylation is 1. The number of rotatable bonds is 4. The van der Waals surface area contributed by atoms with Gasteiger partial charge in [0, 0.05) is 5.54 Å². The Bertz CT molecular complexity index is 1120. The molecule has 1 saturated heterocycles. The Balaban J connectivity index is 2.03. The SMILES string of the molecule is Cc1ccc(S(=O)(=O)N(C2CC(=O)N(c3ccc(C#N)cc3)C2=O)C(C)(C)C)cc1. The molecule has 1 heterocycles. The molecule has 1 aliphatic rings. The van der Waals surface area contributed by atoms with Gasteiger partial charge in [-0.1, -0.05) is 17.7 Å². The van der Waals surface area contributed by atoms with Gasteiger partial charge in [0.15, 0.2) is 0 Å². The molecule has 1 aliphatic heterocycles. The molecule has 3 rings (SSSR count). The topological polar surface area (TPSA) is 98.6 Å². The van der Waals surface area contributed by atoms with Crippen molar-refractivity contribution in [1.29, 1.82) is 5.26 Å². The van der Waals surface area contributed by atoms with Gasteiger partial charge in [-0.05, 0) is 64.1 Å². The van der Waals surface area contributed by atoms with E-state index in [1.165, 1.54) is 36.4 Å². The third-order valence-corrected chi connectivity index (χ3v) is 7.09. The standard InChI is InChI=1S/C22H23N3O4S/c1-15-5-11-18(12-6-15)30(28,29)25(22(2,3)4)19-13-20(26)24(21(19)27)17-9-7-16(14-23)8-10-17/h5-12,19H,13H2,1-4H3. The predicted octanol–water partition coefficient (Wildman–Crippen LogP) is 2.99. The molecule has 0 aliphatic carbocycles. The summed E-state index contributed by atoms with van der Waals surface area (Å²) < 4.78 is 28.1. The molecule has 0 bridgehead atoms. The number of nitriles is 1. The van der Waals surface area contributed by atoms with Crippen molar-refractivity contribution < 1.29 is 18.0 Å². The van der Waals surface area contributed by atoms with Crippen LogP contribution in [0.15, 0.2) is 53.4 Å². The zero-order chi connectivity index (χ0) is 22.3. The molecule has 1 unspecified atom stereocenters. The summed E-state index contributed by atoms with van der Waals surface area (Å²) in [5.74, 6) is -1.08. The van der Waals surface area contributed by atoms with Crippen LogP contribution in [-0.2, 0) is 19.6 Å². The minimum Gasteiger partial charge on any atom is -0.274 e. The zero-order valence-corrected chi connectivity index (χ0v) is 18.1. The average Bonchev–Trinajstić information content (AvgIpc) is 2.94. The molecular weight excluding hydrogens is 402 g/mol. The molecule has 1 atom stereocenters. The quantitative estimate of drug-likeness (QED) is 0.702. The van der Waals surface area contributed by atoms with Gasteiger partial charge in [0.1, 0.15) is 6.04 Å². The second-order valence-electron chi connectivity index (χ2n) is 8.23. The number of amides is 2. The number of benzene rings is 2. The van der Waals surface area contributed by atoms with Crippen molar-refractivity contribution in [3.63, 3.8) is 0 Å². The van der Waals surface area contributed by atoms with Crippen LogP contribution in [0.25, 0.3) is 0 Å². The highest BCUT2D eigenvalue weighted by Gasteiger charge is 2.50. The van der Waals surface area contributed by atoms with E-state index in [-0.39, 0.29) is 11.3 Å². The minimum absolute atomic E-state index is 0.0695. The molecule has 0 aromatic heterocycles. The summed E-state index contributed by atoms with van der Waals surface area (Å²) in [5, 5.41) is 8.95. The summed E-state index contributed by atoms with van der Waals surface area (Å²) in [6.07, 6.45) is -0.249. The number of imide groups is 1. The highest BCUT2D eigenvalue weighted by atomic mass is 32.2. The lowest BCUT2D eigenvalue weighted by Crippen LogP contribution is -2.54. The molecule has 0 N–H and O–H groups in total. The van der Waals surface area contributed by atoms with Crippen LogP contribution in [0, 0.1) is 18.3 Å². The Hall–Kier alpha value is -3.02. The van der Waals surface area contributed by atoms with E-state index in [1.807, 2.05) is 13.0 Å². The molecule has 0 saturated carbocycles. The Labute approximate surface area is 176 Å². The van der Waals surface area contributed by atoms with Gasteiger partial charge in [0.05, 0.1) is 28.6 Å². The van der Waals surface area contributed by atoms with Crippen molar-refractivity contribution in [1.82, 2.24) is 4.31 Å². The van der Waals surface area contributed by atoms with Gasteiger partial charge in [-0.25, -0.2) is 13.3 Å². The summed E-state index contributed by atoms with van der Waals surface area (Å²) >= 11 is 0. The molecule has 0 radical (unpaired) electrons. The molecule has 30 heavy (non-hydrogen) atoms. The summed E-state index contributed by atoms with van der Waals surface area (Å²) in [5.41, 5.74) is 0.682. The number of sulfonamides is 1. The lowest BCUT2D eigenvalue weighted by Gasteiger charge is -2.37. The fourth-order valence-corrected chi connectivity index (χ4v) is 5.50. The minimum atomic E-state index is -4.04. The van der Waals surface area contributed by atoms with E-state index in [2.05, 4.69) is 0 Å². The second kappa shape index (κ2) is 7.67. The fraction of sp³-hybridized carbons (Fsp3) is 0.318. The van der Waals surface area contributed by atoms with Crippen molar-refractivity contribution >= 4 is 27.5 Å². The van der Waals surface area contributed by atoms with Crippen LogP contribution in [0.1, 0.15) is 38.3 Å². The average molecular weight is 426 g/mol. The van der Waals surface area contributed by atoms with E-state index in [4.69, 9.17) is 5.26 Å². The van der Waals surface area contributed by atoms with E-state index in [1.54, 1.807) is 32.9 Å². The van der Waals surface area contributed by atoms with E-state index in [0.29, 0.717) is 11.3 Å². The smallest absolute Gasteiger partial charge is 0.252 e.